The Balaban J connectivity index is 2.82. The van der Waals surface area contributed by atoms with Crippen molar-refractivity contribution in [1.82, 2.24) is 20.0 Å². The molecule has 0 saturated heterocycles. The number of hydrogen-bond acceptors (Lipinski definition) is 6. The molecule has 9 nitrogen and oxygen atoms in total. The van der Waals surface area contributed by atoms with Crippen LogP contribution in [0.2, 0.25) is 0 Å². The highest BCUT2D eigenvalue weighted by Gasteiger charge is 2.33. The predicted molar refractivity (Wildman–Crippen MR) is 58.4 cm³/mol. The third-order valence-electron chi connectivity index (χ3n) is 2.20. The number of carbonyl (C=O) groups excluding carboxylic acids is 1. The number of hydroxylamine groups is 2. The summed E-state index contributed by atoms with van der Waals surface area (Å²) in [6.45, 7) is 0.909. The van der Waals surface area contributed by atoms with E-state index in [0.29, 0.717) is 5.06 Å². The largest absolute Gasteiger partial charge is 0.336 e. The first kappa shape index (κ1) is 14.7. The van der Waals surface area contributed by atoms with E-state index < -0.39 is 19.2 Å². The van der Waals surface area contributed by atoms with Gasteiger partial charge in [-0.25, -0.2) is 20.0 Å². The molecule has 0 aliphatic carbocycles. The summed E-state index contributed by atoms with van der Waals surface area (Å²) in [4.78, 5) is 40.1. The van der Waals surface area contributed by atoms with E-state index in [0.717, 1.165) is 19.6 Å². The van der Waals surface area contributed by atoms with Gasteiger partial charge >= 0.3 is 7.60 Å². The van der Waals surface area contributed by atoms with Crippen molar-refractivity contribution in [3.05, 3.63) is 18.5 Å². The molecule has 0 radical (unpaired) electrons. The fourth-order valence-corrected chi connectivity index (χ4v) is 2.16. The maximum Gasteiger partial charge on any atom is 0.336 e. The first-order valence-corrected chi connectivity index (χ1v) is 6.64. The molecule has 3 N–H and O–H groups in total. The van der Waals surface area contributed by atoms with Gasteiger partial charge in [-0.15, -0.1) is 0 Å². The van der Waals surface area contributed by atoms with Gasteiger partial charge in [0.1, 0.15) is 24.1 Å². The predicted octanol–water partition coefficient (Wildman–Crippen LogP) is -0.282. The van der Waals surface area contributed by atoms with Crippen LogP contribution in [0.5, 0.6) is 0 Å². The topological polar surface area (TPSA) is 137 Å². The SMILES string of the molecule is CC(=O)N(O)CCC(c1ncncn1)P(=O)(O)O. The van der Waals surface area contributed by atoms with Gasteiger partial charge in [0.05, 0.1) is 0 Å². The standard InChI is InChI=1S/C8H13N4O5P/c1-6(13)12(14)3-2-7(18(15,16)17)8-10-4-9-5-11-8/h4-5,7,14H,2-3H2,1H3,(H2,15,16,17). The quantitative estimate of drug-likeness (QED) is 0.379. The van der Waals surface area contributed by atoms with E-state index in [1.54, 1.807) is 0 Å². The van der Waals surface area contributed by atoms with Gasteiger partial charge in [-0.3, -0.25) is 14.6 Å². The van der Waals surface area contributed by atoms with Crippen LogP contribution in [-0.4, -0.2) is 47.5 Å². The Bertz CT molecular complexity index is 450. The van der Waals surface area contributed by atoms with Crippen molar-refractivity contribution in [1.29, 1.82) is 0 Å². The second kappa shape index (κ2) is 5.96. The van der Waals surface area contributed by atoms with Gasteiger partial charge in [0, 0.05) is 13.5 Å². The summed E-state index contributed by atoms with van der Waals surface area (Å²) in [6.07, 6.45) is 2.07. The molecule has 1 aromatic heterocycles. The van der Waals surface area contributed by atoms with Crippen LogP contribution in [0.15, 0.2) is 12.7 Å². The minimum Gasteiger partial charge on any atom is -0.324 e. The zero-order valence-electron chi connectivity index (χ0n) is 9.54. The number of amides is 1. The average Bonchev–Trinajstić information content (AvgIpc) is 2.28. The molecule has 0 fully saturated rings. The Hall–Kier alpha value is -1.41. The summed E-state index contributed by atoms with van der Waals surface area (Å²) < 4.78 is 11.3. The van der Waals surface area contributed by atoms with Crippen LogP contribution in [-0.2, 0) is 9.36 Å². The van der Waals surface area contributed by atoms with Crippen LogP contribution >= 0.6 is 7.60 Å². The normalized spacial score (nSPS) is 13.1. The molecule has 0 bridgehead atoms. The number of hydrogen-bond donors (Lipinski definition) is 3. The van der Waals surface area contributed by atoms with Gasteiger partial charge in [0.25, 0.3) is 0 Å². The highest BCUT2D eigenvalue weighted by molar-refractivity contribution is 7.52. The highest BCUT2D eigenvalue weighted by Crippen LogP contribution is 2.52. The number of rotatable bonds is 5. The van der Waals surface area contributed by atoms with Crippen LogP contribution < -0.4 is 0 Å². The van der Waals surface area contributed by atoms with Crippen LogP contribution in [0, 0.1) is 0 Å². The van der Waals surface area contributed by atoms with Crippen molar-refractivity contribution >= 4 is 13.5 Å². The molecule has 10 heteroatoms. The molecule has 0 aromatic carbocycles. The maximum atomic E-state index is 11.3. The molecule has 1 atom stereocenters. The second-order valence-corrected chi connectivity index (χ2v) is 5.33. The van der Waals surface area contributed by atoms with E-state index in [1.807, 2.05) is 0 Å². The summed E-state index contributed by atoms with van der Waals surface area (Å²) in [5.41, 5.74) is -1.28. The summed E-state index contributed by atoms with van der Waals surface area (Å²) in [5.74, 6) is -0.689. The first-order valence-electron chi connectivity index (χ1n) is 4.96. The third-order valence-corrected chi connectivity index (χ3v) is 3.50. The Morgan fingerprint density at radius 3 is 2.44 bits per heavy atom. The molecule has 0 spiro atoms. The molecule has 1 rings (SSSR count). The zero-order valence-corrected chi connectivity index (χ0v) is 10.4. The molecule has 1 amide bonds. The summed E-state index contributed by atoms with van der Waals surface area (Å²) >= 11 is 0. The summed E-state index contributed by atoms with van der Waals surface area (Å²) in [5, 5.41) is 9.54. The van der Waals surface area contributed by atoms with E-state index in [4.69, 9.17) is 5.21 Å². The minimum absolute atomic E-state index is 0.0738. The Labute approximate surface area is 103 Å². The van der Waals surface area contributed by atoms with E-state index >= 15 is 0 Å². The van der Waals surface area contributed by atoms with Gasteiger partial charge in [-0.1, -0.05) is 0 Å². The van der Waals surface area contributed by atoms with Crippen LogP contribution in [0.1, 0.15) is 24.8 Å². The van der Waals surface area contributed by atoms with Gasteiger partial charge in [-0.2, -0.15) is 0 Å². The van der Waals surface area contributed by atoms with Gasteiger partial charge in [0.2, 0.25) is 5.91 Å². The highest BCUT2D eigenvalue weighted by atomic mass is 31.2. The Morgan fingerprint density at radius 1 is 1.44 bits per heavy atom. The molecular weight excluding hydrogens is 263 g/mol. The molecule has 0 saturated carbocycles. The Morgan fingerprint density at radius 2 is 2.00 bits per heavy atom. The zero-order chi connectivity index (χ0) is 13.8. The van der Waals surface area contributed by atoms with Crippen molar-refractivity contribution in [2.24, 2.45) is 0 Å². The molecule has 18 heavy (non-hydrogen) atoms. The lowest BCUT2D eigenvalue weighted by atomic mass is 10.3. The molecule has 100 valence electrons. The Kier molecular flexibility index (Phi) is 4.85. The number of carbonyl (C=O) groups is 1. The molecule has 1 unspecified atom stereocenters. The van der Waals surface area contributed by atoms with E-state index in [9.17, 15) is 19.1 Å². The first-order chi connectivity index (χ1) is 8.32. The van der Waals surface area contributed by atoms with Gasteiger partial charge in [-0.05, 0) is 6.42 Å². The maximum absolute atomic E-state index is 11.3. The van der Waals surface area contributed by atoms with Crippen molar-refractivity contribution in [3.63, 3.8) is 0 Å². The van der Waals surface area contributed by atoms with Crippen molar-refractivity contribution in [2.75, 3.05) is 6.54 Å². The van der Waals surface area contributed by atoms with E-state index in [1.165, 1.54) is 0 Å². The number of nitrogens with zero attached hydrogens (tertiary/aromatic N) is 4. The third kappa shape index (κ3) is 4.11. The average molecular weight is 276 g/mol. The lowest BCUT2D eigenvalue weighted by molar-refractivity contribution is -0.162. The smallest absolute Gasteiger partial charge is 0.324 e. The van der Waals surface area contributed by atoms with E-state index in [2.05, 4.69) is 15.0 Å². The van der Waals surface area contributed by atoms with Crippen molar-refractivity contribution in [2.45, 2.75) is 19.0 Å². The second-order valence-electron chi connectivity index (χ2n) is 3.53. The fraction of sp³-hybridized carbons (Fsp3) is 0.500. The number of aromatic nitrogens is 3. The molecule has 1 heterocycles. The molecular formula is C8H13N4O5P. The fourth-order valence-electron chi connectivity index (χ4n) is 1.27. The van der Waals surface area contributed by atoms with Crippen LogP contribution in [0.25, 0.3) is 0 Å². The molecule has 0 aliphatic heterocycles. The lowest BCUT2D eigenvalue weighted by Crippen LogP contribution is -2.27. The summed E-state index contributed by atoms with van der Waals surface area (Å²) in [6, 6.07) is 0. The van der Waals surface area contributed by atoms with Crippen molar-refractivity contribution < 1.29 is 24.4 Å². The van der Waals surface area contributed by atoms with Crippen LogP contribution in [0.3, 0.4) is 0 Å². The van der Waals surface area contributed by atoms with Gasteiger partial charge < -0.3 is 9.79 Å². The van der Waals surface area contributed by atoms with Crippen LogP contribution in [0.4, 0.5) is 0 Å². The summed E-state index contributed by atoms with van der Waals surface area (Å²) in [7, 11) is -4.49. The van der Waals surface area contributed by atoms with Crippen molar-refractivity contribution in [3.8, 4) is 0 Å². The molecule has 1 aromatic rings. The minimum atomic E-state index is -4.49. The monoisotopic (exact) mass is 276 g/mol. The van der Waals surface area contributed by atoms with E-state index in [-0.39, 0.29) is 18.8 Å². The molecule has 0 aliphatic rings. The lowest BCUT2D eigenvalue weighted by Gasteiger charge is -2.19. The van der Waals surface area contributed by atoms with Gasteiger partial charge in [0.15, 0.2) is 0 Å².